The first-order valence-electron chi connectivity index (χ1n) is 10.8. The van der Waals surface area contributed by atoms with Gasteiger partial charge in [-0.25, -0.2) is 24.2 Å². The standard InChI is InChI=1S/C21H29F2N7O2/c22-14-1-2-18(23)16(7-14)17-10-30(11-19(17)24)21-27-8-15(9-28-21)31-12-13-3-5-29(6-4-13)20(25)32-26/h2,7-9,13-14,17,19,25H,1,3-6,10-12,24,26H2/t14?,17-,19+/m1/s1. The number of amidine groups is 1. The molecule has 174 valence electrons. The summed E-state index contributed by atoms with van der Waals surface area (Å²) in [4.78, 5) is 16.9. The molecule has 0 aromatic carbocycles. The van der Waals surface area contributed by atoms with Crippen molar-refractivity contribution in [2.45, 2.75) is 31.5 Å². The number of halogens is 2. The fraction of sp³-hybridized carbons (Fsp3) is 0.571. The molecule has 2 aliphatic heterocycles. The zero-order chi connectivity index (χ0) is 22.7. The van der Waals surface area contributed by atoms with Gasteiger partial charge in [0, 0.05) is 44.6 Å². The Hall–Kier alpha value is -2.79. The van der Waals surface area contributed by atoms with E-state index in [4.69, 9.17) is 21.8 Å². The number of alkyl halides is 1. The van der Waals surface area contributed by atoms with Crippen molar-refractivity contribution in [2.24, 2.45) is 23.5 Å². The molecular weight excluding hydrogens is 420 g/mol. The van der Waals surface area contributed by atoms with Gasteiger partial charge in [-0.05, 0) is 36.5 Å². The van der Waals surface area contributed by atoms with Crippen molar-refractivity contribution >= 4 is 12.0 Å². The fourth-order valence-electron chi connectivity index (χ4n) is 4.44. The lowest BCUT2D eigenvalue weighted by molar-refractivity contribution is 0.152. The minimum absolute atomic E-state index is 0.0136. The second-order valence-electron chi connectivity index (χ2n) is 8.48. The van der Waals surface area contributed by atoms with E-state index < -0.39 is 6.17 Å². The first kappa shape index (κ1) is 22.4. The highest BCUT2D eigenvalue weighted by molar-refractivity contribution is 5.69. The molecule has 0 spiro atoms. The van der Waals surface area contributed by atoms with Gasteiger partial charge in [-0.2, -0.15) is 5.90 Å². The average molecular weight is 450 g/mol. The number of likely N-dealkylation sites (tertiary alicyclic amines) is 1. The molecule has 0 radical (unpaired) electrons. The van der Waals surface area contributed by atoms with E-state index in [0.717, 1.165) is 12.8 Å². The molecule has 4 rings (SSSR count). The highest BCUT2D eigenvalue weighted by atomic mass is 19.1. The maximum Gasteiger partial charge on any atom is 0.304 e. The topological polar surface area (TPSA) is 127 Å². The molecule has 3 aliphatic rings. The minimum Gasteiger partial charge on any atom is -0.490 e. The Morgan fingerprint density at radius 3 is 2.62 bits per heavy atom. The molecule has 1 aromatic heterocycles. The van der Waals surface area contributed by atoms with E-state index in [1.807, 2.05) is 4.90 Å². The van der Waals surface area contributed by atoms with Gasteiger partial charge in [0.2, 0.25) is 5.95 Å². The van der Waals surface area contributed by atoms with Gasteiger partial charge in [0.05, 0.1) is 19.0 Å². The van der Waals surface area contributed by atoms with Crippen LogP contribution in [0, 0.1) is 17.2 Å². The zero-order valence-electron chi connectivity index (χ0n) is 17.8. The zero-order valence-corrected chi connectivity index (χ0v) is 17.8. The van der Waals surface area contributed by atoms with E-state index in [1.54, 1.807) is 17.3 Å². The third kappa shape index (κ3) is 4.99. The fourth-order valence-corrected chi connectivity index (χ4v) is 4.44. The van der Waals surface area contributed by atoms with Gasteiger partial charge in [0.1, 0.15) is 12.0 Å². The number of nitrogens with zero attached hydrogens (tertiary/aromatic N) is 4. The van der Waals surface area contributed by atoms with Crippen LogP contribution in [-0.2, 0) is 4.84 Å². The normalized spacial score (nSPS) is 26.6. The predicted octanol–water partition coefficient (Wildman–Crippen LogP) is 1.68. The summed E-state index contributed by atoms with van der Waals surface area (Å²) in [6.45, 7) is 2.83. The number of allylic oxidation sites excluding steroid dienone is 3. The Morgan fingerprint density at radius 2 is 1.94 bits per heavy atom. The quantitative estimate of drug-likeness (QED) is 0.352. The van der Waals surface area contributed by atoms with Gasteiger partial charge in [0.15, 0.2) is 5.75 Å². The Kier molecular flexibility index (Phi) is 6.85. The Balaban J connectivity index is 1.29. The smallest absolute Gasteiger partial charge is 0.304 e. The van der Waals surface area contributed by atoms with Gasteiger partial charge >= 0.3 is 6.02 Å². The van der Waals surface area contributed by atoms with Crippen LogP contribution in [0.5, 0.6) is 5.75 Å². The molecule has 32 heavy (non-hydrogen) atoms. The van der Waals surface area contributed by atoms with E-state index in [0.29, 0.717) is 56.0 Å². The van der Waals surface area contributed by atoms with Crippen molar-refractivity contribution in [1.82, 2.24) is 14.9 Å². The first-order chi connectivity index (χ1) is 15.4. The molecule has 3 atom stereocenters. The number of aromatic nitrogens is 2. The van der Waals surface area contributed by atoms with Gasteiger partial charge in [0.25, 0.3) is 0 Å². The second-order valence-corrected chi connectivity index (χ2v) is 8.48. The van der Waals surface area contributed by atoms with E-state index in [1.165, 1.54) is 12.2 Å². The number of anilines is 1. The highest BCUT2D eigenvalue weighted by Gasteiger charge is 2.36. The molecule has 9 nitrogen and oxygen atoms in total. The van der Waals surface area contributed by atoms with Gasteiger partial charge in [-0.15, -0.1) is 0 Å². The average Bonchev–Trinajstić information content (AvgIpc) is 3.20. The van der Waals surface area contributed by atoms with Crippen molar-refractivity contribution in [1.29, 1.82) is 5.41 Å². The van der Waals surface area contributed by atoms with Crippen molar-refractivity contribution in [3.05, 3.63) is 35.9 Å². The van der Waals surface area contributed by atoms with Crippen LogP contribution in [0.2, 0.25) is 0 Å². The molecule has 2 saturated heterocycles. The summed E-state index contributed by atoms with van der Waals surface area (Å²) in [7, 11) is 0. The van der Waals surface area contributed by atoms with Crippen LogP contribution in [0.1, 0.15) is 19.3 Å². The molecule has 5 N–H and O–H groups in total. The number of ether oxygens (including phenoxy) is 1. The van der Waals surface area contributed by atoms with Crippen LogP contribution in [-0.4, -0.2) is 65.9 Å². The van der Waals surface area contributed by atoms with E-state index in [2.05, 4.69) is 14.8 Å². The largest absolute Gasteiger partial charge is 0.490 e. The Bertz CT molecular complexity index is 871. The second kappa shape index (κ2) is 9.78. The van der Waals surface area contributed by atoms with Crippen LogP contribution < -0.4 is 21.3 Å². The van der Waals surface area contributed by atoms with Crippen LogP contribution in [0.4, 0.5) is 14.7 Å². The van der Waals surface area contributed by atoms with Crippen LogP contribution in [0.15, 0.2) is 35.9 Å². The summed E-state index contributed by atoms with van der Waals surface area (Å²) in [6.07, 6.45) is 6.51. The van der Waals surface area contributed by atoms with Crippen LogP contribution in [0.3, 0.4) is 0 Å². The van der Waals surface area contributed by atoms with Crippen molar-refractivity contribution < 1.29 is 18.4 Å². The molecule has 0 saturated carbocycles. The Morgan fingerprint density at radius 1 is 1.22 bits per heavy atom. The van der Waals surface area contributed by atoms with Crippen molar-refractivity contribution in [3.8, 4) is 5.75 Å². The lowest BCUT2D eigenvalue weighted by atomic mass is 9.89. The third-order valence-electron chi connectivity index (χ3n) is 6.32. The molecule has 11 heteroatoms. The molecule has 0 bridgehead atoms. The summed E-state index contributed by atoms with van der Waals surface area (Å²) in [6, 6.07) is -0.345. The van der Waals surface area contributed by atoms with Crippen LogP contribution in [0.25, 0.3) is 0 Å². The summed E-state index contributed by atoms with van der Waals surface area (Å²) in [5, 5.41) is 7.61. The minimum atomic E-state index is -1.17. The maximum absolute atomic E-state index is 14.2. The van der Waals surface area contributed by atoms with Gasteiger partial charge in [-0.1, -0.05) is 0 Å². The molecule has 1 aromatic rings. The number of nitrogens with one attached hydrogen (secondary N) is 1. The van der Waals surface area contributed by atoms with Crippen molar-refractivity contribution in [2.75, 3.05) is 37.7 Å². The molecule has 2 fully saturated rings. The number of hydrogen-bond acceptors (Lipinski definition) is 8. The molecule has 1 aliphatic carbocycles. The molecule has 0 amide bonds. The molecular formula is C21H29F2N7O2. The lowest BCUT2D eigenvalue weighted by Crippen LogP contribution is -2.41. The van der Waals surface area contributed by atoms with Gasteiger partial charge < -0.3 is 25.1 Å². The lowest BCUT2D eigenvalue weighted by Gasteiger charge is -2.31. The Labute approximate surface area is 185 Å². The monoisotopic (exact) mass is 449 g/mol. The number of nitrogens with two attached hydrogens (primary N) is 2. The molecule has 3 heterocycles. The van der Waals surface area contributed by atoms with Crippen LogP contribution >= 0.6 is 0 Å². The SMILES string of the molecule is N=C(ON)N1CCC(COc2cnc(N3C[C@H](C4=CC(F)CC=C4F)[C@@H](N)C3)nc2)CC1. The summed E-state index contributed by atoms with van der Waals surface area (Å²) in [5.41, 5.74) is 6.58. The highest BCUT2D eigenvalue weighted by Crippen LogP contribution is 2.34. The number of piperidine rings is 1. The molecule has 1 unspecified atom stereocenters. The predicted molar refractivity (Wildman–Crippen MR) is 115 cm³/mol. The third-order valence-corrected chi connectivity index (χ3v) is 6.32. The van der Waals surface area contributed by atoms with Crippen molar-refractivity contribution in [3.63, 3.8) is 0 Å². The summed E-state index contributed by atoms with van der Waals surface area (Å²) >= 11 is 0. The number of hydrogen-bond donors (Lipinski definition) is 3. The van der Waals surface area contributed by atoms with E-state index in [9.17, 15) is 8.78 Å². The van der Waals surface area contributed by atoms with E-state index in [-0.39, 0.29) is 30.2 Å². The summed E-state index contributed by atoms with van der Waals surface area (Å²) < 4.78 is 33.8. The number of rotatable bonds is 5. The first-order valence-corrected chi connectivity index (χ1v) is 10.8. The van der Waals surface area contributed by atoms with E-state index >= 15 is 0 Å². The maximum atomic E-state index is 14.2. The summed E-state index contributed by atoms with van der Waals surface area (Å²) in [5.74, 6) is 5.77. The van der Waals surface area contributed by atoms with Gasteiger partial charge in [-0.3, -0.25) is 0 Å².